The molecule has 0 unspecified atom stereocenters. The number of halogens is 1. The van der Waals surface area contributed by atoms with Crippen LogP contribution in [0.25, 0.3) is 22.2 Å². The molecule has 0 aliphatic carbocycles. The Hall–Kier alpha value is -3.25. The van der Waals surface area contributed by atoms with Crippen LogP contribution < -0.4 is 9.64 Å². The minimum atomic E-state index is 0.267. The quantitative estimate of drug-likeness (QED) is 0.504. The van der Waals surface area contributed by atoms with E-state index >= 15 is 0 Å². The van der Waals surface area contributed by atoms with Crippen LogP contribution in [0.3, 0.4) is 0 Å². The third-order valence-corrected chi connectivity index (χ3v) is 5.51. The highest BCUT2D eigenvalue weighted by Gasteiger charge is 2.33. The Balaban J connectivity index is 1.40. The van der Waals surface area contributed by atoms with E-state index in [0.29, 0.717) is 11.0 Å². The van der Waals surface area contributed by atoms with Gasteiger partial charge in [0.05, 0.1) is 29.0 Å². The number of nitrogens with zero attached hydrogens (tertiary/aromatic N) is 5. The fourth-order valence-electron chi connectivity index (χ4n) is 3.62. The fraction of sp³-hybridized carbons (Fsp3) is 0.182. The number of fused-ring (bicyclic) bond motifs is 1. The van der Waals surface area contributed by atoms with Crippen LogP contribution in [0.15, 0.2) is 61.1 Å². The molecule has 0 spiro atoms. The van der Waals surface area contributed by atoms with Gasteiger partial charge in [-0.05, 0) is 24.3 Å². The highest BCUT2D eigenvalue weighted by atomic mass is 35.5. The Morgan fingerprint density at radius 1 is 1.03 bits per heavy atom. The van der Waals surface area contributed by atoms with E-state index in [4.69, 9.17) is 16.3 Å². The van der Waals surface area contributed by atoms with Gasteiger partial charge in [0, 0.05) is 48.5 Å². The van der Waals surface area contributed by atoms with Crippen molar-refractivity contribution >= 4 is 28.5 Å². The topological polar surface area (TPSA) is 64.0 Å². The van der Waals surface area contributed by atoms with Gasteiger partial charge in [-0.1, -0.05) is 29.8 Å². The summed E-state index contributed by atoms with van der Waals surface area (Å²) in [6.07, 6.45) is 5.26. The minimum absolute atomic E-state index is 0.267. The van der Waals surface area contributed by atoms with Crippen LogP contribution in [0.4, 0.5) is 5.95 Å². The van der Waals surface area contributed by atoms with E-state index in [2.05, 4.69) is 24.8 Å². The average Bonchev–Trinajstić information content (AvgIpc) is 2.73. The predicted octanol–water partition coefficient (Wildman–Crippen LogP) is 4.35. The van der Waals surface area contributed by atoms with Crippen molar-refractivity contribution in [2.45, 2.75) is 5.92 Å². The Morgan fingerprint density at radius 2 is 1.86 bits per heavy atom. The maximum Gasteiger partial charge on any atom is 0.225 e. The molecule has 0 bridgehead atoms. The smallest absolute Gasteiger partial charge is 0.225 e. The van der Waals surface area contributed by atoms with Crippen LogP contribution in [0.5, 0.6) is 5.75 Å². The first-order chi connectivity index (χ1) is 14.2. The lowest BCUT2D eigenvalue weighted by molar-refractivity contribution is 0.415. The van der Waals surface area contributed by atoms with E-state index < -0.39 is 0 Å². The molecule has 5 rings (SSSR count). The molecule has 0 radical (unpaired) electrons. The lowest BCUT2D eigenvalue weighted by Crippen LogP contribution is -2.46. The molecule has 1 aliphatic rings. The molecule has 0 amide bonds. The Morgan fingerprint density at radius 3 is 2.72 bits per heavy atom. The molecule has 7 heteroatoms. The molecule has 2 aromatic heterocycles. The van der Waals surface area contributed by atoms with Crippen molar-refractivity contribution in [3.63, 3.8) is 0 Å². The fourth-order valence-corrected chi connectivity index (χ4v) is 3.84. The first kappa shape index (κ1) is 17.8. The van der Waals surface area contributed by atoms with Gasteiger partial charge < -0.3 is 9.64 Å². The second-order valence-corrected chi connectivity index (χ2v) is 7.37. The highest BCUT2D eigenvalue weighted by molar-refractivity contribution is 6.35. The summed E-state index contributed by atoms with van der Waals surface area (Å²) in [5.74, 6) is 1.78. The average molecular weight is 404 g/mol. The first-order valence-corrected chi connectivity index (χ1v) is 9.72. The van der Waals surface area contributed by atoms with E-state index in [-0.39, 0.29) is 5.92 Å². The standard InChI is InChI=1S/C22H18ClN5O/c1-29-16-5-2-4-14(10-16)20-21(25-9-8-24-20)15-12-28(13-15)22-26-11-17-18(23)6-3-7-19(17)27-22/h2-11,15H,12-13H2,1H3. The van der Waals surface area contributed by atoms with Crippen LogP contribution >= 0.6 is 11.6 Å². The first-order valence-electron chi connectivity index (χ1n) is 9.34. The van der Waals surface area contributed by atoms with Crippen LogP contribution in [0, 0.1) is 0 Å². The lowest BCUT2D eigenvalue weighted by Gasteiger charge is -2.39. The van der Waals surface area contributed by atoms with Crippen molar-refractivity contribution < 1.29 is 4.74 Å². The second kappa shape index (κ2) is 7.29. The zero-order valence-corrected chi connectivity index (χ0v) is 16.5. The third kappa shape index (κ3) is 3.25. The van der Waals surface area contributed by atoms with Gasteiger partial charge in [-0.3, -0.25) is 9.97 Å². The number of methoxy groups -OCH3 is 1. The molecule has 6 nitrogen and oxygen atoms in total. The third-order valence-electron chi connectivity index (χ3n) is 5.18. The molecule has 4 aromatic rings. The van der Waals surface area contributed by atoms with E-state index in [1.807, 2.05) is 42.5 Å². The monoisotopic (exact) mass is 403 g/mol. The van der Waals surface area contributed by atoms with Crippen LogP contribution in [0.1, 0.15) is 11.6 Å². The molecule has 0 N–H and O–H groups in total. The Kier molecular flexibility index (Phi) is 4.48. The molecule has 29 heavy (non-hydrogen) atoms. The van der Waals surface area contributed by atoms with Gasteiger partial charge in [0.25, 0.3) is 0 Å². The van der Waals surface area contributed by atoms with Gasteiger partial charge in [0.1, 0.15) is 5.75 Å². The van der Waals surface area contributed by atoms with Crippen LogP contribution in [-0.4, -0.2) is 40.1 Å². The van der Waals surface area contributed by atoms with Crippen molar-refractivity contribution in [3.05, 3.63) is 71.8 Å². The maximum absolute atomic E-state index is 6.22. The van der Waals surface area contributed by atoms with Crippen LogP contribution in [0.2, 0.25) is 5.02 Å². The van der Waals surface area contributed by atoms with Crippen molar-refractivity contribution in [2.75, 3.05) is 25.1 Å². The van der Waals surface area contributed by atoms with Crippen molar-refractivity contribution in [2.24, 2.45) is 0 Å². The molecule has 2 aromatic carbocycles. The van der Waals surface area contributed by atoms with Crippen molar-refractivity contribution in [1.29, 1.82) is 0 Å². The van der Waals surface area contributed by atoms with Gasteiger partial charge in [0.15, 0.2) is 0 Å². The summed E-state index contributed by atoms with van der Waals surface area (Å²) >= 11 is 6.22. The SMILES string of the molecule is COc1cccc(-c2nccnc2C2CN(c3ncc4c(Cl)cccc4n3)C2)c1. The molecule has 144 valence electrons. The number of hydrogen-bond acceptors (Lipinski definition) is 6. The second-order valence-electron chi connectivity index (χ2n) is 6.97. The van der Waals surface area contributed by atoms with Gasteiger partial charge in [-0.2, -0.15) is 0 Å². The largest absolute Gasteiger partial charge is 0.497 e. The summed E-state index contributed by atoms with van der Waals surface area (Å²) in [6, 6.07) is 13.6. The molecular weight excluding hydrogens is 386 g/mol. The Labute approximate surface area is 173 Å². The summed E-state index contributed by atoms with van der Waals surface area (Å²) in [4.78, 5) is 20.5. The number of hydrogen-bond donors (Lipinski definition) is 0. The molecule has 0 saturated carbocycles. The molecule has 1 saturated heterocycles. The van der Waals surface area contributed by atoms with E-state index in [0.717, 1.165) is 46.7 Å². The number of aromatic nitrogens is 4. The zero-order chi connectivity index (χ0) is 19.8. The molecule has 0 atom stereocenters. The normalized spacial score (nSPS) is 14.1. The van der Waals surface area contributed by atoms with Gasteiger partial charge >= 0.3 is 0 Å². The van der Waals surface area contributed by atoms with E-state index in [1.165, 1.54) is 0 Å². The summed E-state index contributed by atoms with van der Waals surface area (Å²) in [6.45, 7) is 1.59. The molecular formula is C22H18ClN5O. The summed E-state index contributed by atoms with van der Waals surface area (Å²) < 4.78 is 5.35. The lowest BCUT2D eigenvalue weighted by atomic mass is 9.92. The van der Waals surface area contributed by atoms with E-state index in [9.17, 15) is 0 Å². The highest BCUT2D eigenvalue weighted by Crippen LogP contribution is 2.35. The Bertz CT molecular complexity index is 1190. The number of benzene rings is 2. The number of anilines is 1. The summed E-state index contributed by atoms with van der Waals surface area (Å²) in [5, 5.41) is 1.53. The number of rotatable bonds is 4. The van der Waals surface area contributed by atoms with Crippen LogP contribution in [-0.2, 0) is 0 Å². The zero-order valence-electron chi connectivity index (χ0n) is 15.8. The summed E-state index contributed by atoms with van der Waals surface area (Å²) in [5.41, 5.74) is 3.73. The predicted molar refractivity (Wildman–Crippen MR) is 114 cm³/mol. The van der Waals surface area contributed by atoms with Gasteiger partial charge in [-0.15, -0.1) is 0 Å². The molecule has 1 fully saturated rings. The maximum atomic E-state index is 6.22. The minimum Gasteiger partial charge on any atom is -0.497 e. The van der Waals surface area contributed by atoms with E-state index in [1.54, 1.807) is 25.7 Å². The summed E-state index contributed by atoms with van der Waals surface area (Å²) in [7, 11) is 1.66. The van der Waals surface area contributed by atoms with Gasteiger partial charge in [0.2, 0.25) is 5.95 Å². The van der Waals surface area contributed by atoms with Gasteiger partial charge in [-0.25, -0.2) is 9.97 Å². The van der Waals surface area contributed by atoms with Crippen molar-refractivity contribution in [1.82, 2.24) is 19.9 Å². The van der Waals surface area contributed by atoms with Crippen molar-refractivity contribution in [3.8, 4) is 17.0 Å². The molecule has 3 heterocycles. The molecule has 1 aliphatic heterocycles. The number of ether oxygens (including phenoxy) is 1.